The summed E-state index contributed by atoms with van der Waals surface area (Å²) in [6, 6.07) is 13.2. The van der Waals surface area contributed by atoms with Crippen molar-refractivity contribution in [3.05, 3.63) is 65.0 Å². The molecule has 19 heavy (non-hydrogen) atoms. The number of nitrogens with zero attached hydrogens (tertiary/aromatic N) is 1. The molecular weight excluding hydrogens is 239 g/mol. The third-order valence-electron chi connectivity index (χ3n) is 3.87. The molecule has 0 spiro atoms. The van der Waals surface area contributed by atoms with Gasteiger partial charge < -0.3 is 10.6 Å². The van der Waals surface area contributed by atoms with Gasteiger partial charge in [-0.2, -0.15) is 0 Å². The molecule has 1 atom stereocenters. The van der Waals surface area contributed by atoms with Crippen molar-refractivity contribution in [2.75, 3.05) is 11.4 Å². The zero-order chi connectivity index (χ0) is 13.4. The molecule has 2 aromatic carbocycles. The van der Waals surface area contributed by atoms with Crippen molar-refractivity contribution in [2.24, 2.45) is 5.73 Å². The molecule has 2 aromatic rings. The minimum absolute atomic E-state index is 0.136. The number of nitrogens with two attached hydrogens (primary N) is 1. The fourth-order valence-electron chi connectivity index (χ4n) is 2.88. The Hall–Kier alpha value is -1.87. The maximum Gasteiger partial charge on any atom is 0.125 e. The number of aryl methyl sites for hydroxylation is 1. The molecule has 3 heteroatoms. The van der Waals surface area contributed by atoms with E-state index < -0.39 is 0 Å². The number of halogens is 1. The van der Waals surface area contributed by atoms with Crippen LogP contribution in [0.5, 0.6) is 0 Å². The second-order valence-electron chi connectivity index (χ2n) is 5.00. The first kappa shape index (κ1) is 12.2. The quantitative estimate of drug-likeness (QED) is 0.894. The van der Waals surface area contributed by atoms with Gasteiger partial charge in [0.15, 0.2) is 0 Å². The highest BCUT2D eigenvalue weighted by molar-refractivity contribution is 5.56. The van der Waals surface area contributed by atoms with E-state index in [-0.39, 0.29) is 11.9 Å². The Morgan fingerprint density at radius 3 is 2.79 bits per heavy atom. The van der Waals surface area contributed by atoms with Gasteiger partial charge in [-0.05, 0) is 41.8 Å². The van der Waals surface area contributed by atoms with Gasteiger partial charge in [-0.15, -0.1) is 0 Å². The van der Waals surface area contributed by atoms with Gasteiger partial charge >= 0.3 is 0 Å². The van der Waals surface area contributed by atoms with Gasteiger partial charge in [0.05, 0.1) is 6.04 Å². The average Bonchev–Trinajstić information content (AvgIpc) is 2.79. The van der Waals surface area contributed by atoms with Crippen LogP contribution in [0.4, 0.5) is 10.1 Å². The zero-order valence-electron chi connectivity index (χ0n) is 10.9. The van der Waals surface area contributed by atoms with E-state index in [0.29, 0.717) is 6.54 Å². The SMILES string of the molecule is Cc1cccc2c1CN(c1cccc(F)c1)C2CN. The van der Waals surface area contributed by atoms with E-state index in [0.717, 1.165) is 12.2 Å². The largest absolute Gasteiger partial charge is 0.359 e. The molecule has 1 heterocycles. The van der Waals surface area contributed by atoms with Crippen LogP contribution in [0, 0.1) is 12.7 Å². The van der Waals surface area contributed by atoms with Crippen LogP contribution < -0.4 is 10.6 Å². The highest BCUT2D eigenvalue weighted by Gasteiger charge is 2.30. The fourth-order valence-corrected chi connectivity index (χ4v) is 2.88. The van der Waals surface area contributed by atoms with E-state index in [1.54, 1.807) is 12.1 Å². The van der Waals surface area contributed by atoms with Gasteiger partial charge in [0.1, 0.15) is 5.82 Å². The number of anilines is 1. The van der Waals surface area contributed by atoms with E-state index in [2.05, 4.69) is 30.0 Å². The fraction of sp³-hybridized carbons (Fsp3) is 0.250. The van der Waals surface area contributed by atoms with Crippen molar-refractivity contribution in [1.82, 2.24) is 0 Å². The van der Waals surface area contributed by atoms with Crippen molar-refractivity contribution in [1.29, 1.82) is 0 Å². The molecule has 98 valence electrons. The molecule has 0 aliphatic carbocycles. The molecule has 0 bridgehead atoms. The molecule has 1 aliphatic heterocycles. The average molecular weight is 256 g/mol. The highest BCUT2D eigenvalue weighted by Crippen LogP contribution is 2.38. The minimum Gasteiger partial charge on any atom is -0.359 e. The molecule has 0 saturated heterocycles. The molecule has 0 amide bonds. The third-order valence-corrected chi connectivity index (χ3v) is 3.87. The number of fused-ring (bicyclic) bond motifs is 1. The van der Waals surface area contributed by atoms with Crippen molar-refractivity contribution in [3.8, 4) is 0 Å². The van der Waals surface area contributed by atoms with Crippen molar-refractivity contribution >= 4 is 5.69 Å². The third kappa shape index (κ3) is 2.00. The molecule has 0 radical (unpaired) electrons. The van der Waals surface area contributed by atoms with Gasteiger partial charge in [-0.3, -0.25) is 0 Å². The summed E-state index contributed by atoms with van der Waals surface area (Å²) in [6.45, 7) is 3.45. The van der Waals surface area contributed by atoms with E-state index in [4.69, 9.17) is 5.73 Å². The molecular formula is C16H17FN2. The summed E-state index contributed by atoms with van der Waals surface area (Å²) >= 11 is 0. The van der Waals surface area contributed by atoms with Gasteiger partial charge in [0, 0.05) is 18.8 Å². The van der Waals surface area contributed by atoms with Crippen molar-refractivity contribution in [2.45, 2.75) is 19.5 Å². The van der Waals surface area contributed by atoms with E-state index in [1.165, 1.54) is 22.8 Å². The topological polar surface area (TPSA) is 29.3 Å². The van der Waals surface area contributed by atoms with Crippen LogP contribution in [0.2, 0.25) is 0 Å². The van der Waals surface area contributed by atoms with Crippen LogP contribution in [0.15, 0.2) is 42.5 Å². The number of hydrogen-bond donors (Lipinski definition) is 1. The van der Waals surface area contributed by atoms with Crippen LogP contribution in [0.1, 0.15) is 22.7 Å². The Morgan fingerprint density at radius 2 is 2.05 bits per heavy atom. The van der Waals surface area contributed by atoms with Crippen molar-refractivity contribution < 1.29 is 4.39 Å². The van der Waals surface area contributed by atoms with Crippen LogP contribution >= 0.6 is 0 Å². The Labute approximate surface area is 112 Å². The van der Waals surface area contributed by atoms with Crippen LogP contribution in [0.25, 0.3) is 0 Å². The van der Waals surface area contributed by atoms with Crippen LogP contribution in [0.3, 0.4) is 0 Å². The molecule has 1 unspecified atom stereocenters. The smallest absolute Gasteiger partial charge is 0.125 e. The standard InChI is InChI=1S/C16H17FN2/c1-11-4-2-7-14-15(11)10-19(16(14)9-18)13-6-3-5-12(17)8-13/h2-8,16H,9-10,18H2,1H3. The predicted octanol–water partition coefficient (Wildman–Crippen LogP) is 3.15. The van der Waals surface area contributed by atoms with E-state index >= 15 is 0 Å². The van der Waals surface area contributed by atoms with Gasteiger partial charge in [-0.1, -0.05) is 24.3 Å². The monoisotopic (exact) mass is 256 g/mol. The molecule has 2 N–H and O–H groups in total. The minimum atomic E-state index is -0.207. The lowest BCUT2D eigenvalue weighted by molar-refractivity contribution is 0.622. The Balaban J connectivity index is 2.04. The maximum atomic E-state index is 13.4. The maximum absolute atomic E-state index is 13.4. The summed E-state index contributed by atoms with van der Waals surface area (Å²) in [4.78, 5) is 2.18. The van der Waals surface area contributed by atoms with E-state index in [9.17, 15) is 4.39 Å². The Bertz CT molecular complexity index is 609. The first-order chi connectivity index (χ1) is 9.20. The van der Waals surface area contributed by atoms with Crippen molar-refractivity contribution in [3.63, 3.8) is 0 Å². The lowest BCUT2D eigenvalue weighted by atomic mass is 10.0. The summed E-state index contributed by atoms with van der Waals surface area (Å²) in [7, 11) is 0. The Morgan fingerprint density at radius 1 is 1.26 bits per heavy atom. The summed E-state index contributed by atoms with van der Waals surface area (Å²) in [5.41, 5.74) is 10.7. The zero-order valence-corrected chi connectivity index (χ0v) is 10.9. The number of hydrogen-bond acceptors (Lipinski definition) is 2. The molecule has 3 rings (SSSR count). The molecule has 1 aliphatic rings. The molecule has 0 aromatic heterocycles. The lowest BCUT2D eigenvalue weighted by Gasteiger charge is -2.26. The Kier molecular flexibility index (Phi) is 2.99. The summed E-state index contributed by atoms with van der Waals surface area (Å²) in [5, 5.41) is 0. The second kappa shape index (κ2) is 4.67. The van der Waals surface area contributed by atoms with Gasteiger partial charge in [-0.25, -0.2) is 4.39 Å². The first-order valence-electron chi connectivity index (χ1n) is 6.51. The molecule has 0 saturated carbocycles. The van der Waals surface area contributed by atoms with E-state index in [1.807, 2.05) is 6.07 Å². The van der Waals surface area contributed by atoms with Crippen LogP contribution in [-0.2, 0) is 6.54 Å². The lowest BCUT2D eigenvalue weighted by Crippen LogP contribution is -2.27. The summed E-state index contributed by atoms with van der Waals surface area (Å²) in [6.07, 6.45) is 0. The van der Waals surface area contributed by atoms with Gasteiger partial charge in [0.2, 0.25) is 0 Å². The summed E-state index contributed by atoms with van der Waals surface area (Å²) < 4.78 is 13.4. The number of benzene rings is 2. The van der Waals surface area contributed by atoms with Gasteiger partial charge in [0.25, 0.3) is 0 Å². The number of rotatable bonds is 2. The van der Waals surface area contributed by atoms with Crippen LogP contribution in [-0.4, -0.2) is 6.54 Å². The second-order valence-corrected chi connectivity index (χ2v) is 5.00. The first-order valence-corrected chi connectivity index (χ1v) is 6.51. The highest BCUT2D eigenvalue weighted by atomic mass is 19.1. The molecule has 0 fully saturated rings. The predicted molar refractivity (Wildman–Crippen MR) is 75.6 cm³/mol. The summed E-state index contributed by atoms with van der Waals surface area (Å²) in [5.74, 6) is -0.207. The normalized spacial score (nSPS) is 17.6. The molecule has 2 nitrogen and oxygen atoms in total.